The number of carboxylic acids is 1. The zero-order valence-electron chi connectivity index (χ0n) is 13.0. The van der Waals surface area contributed by atoms with Crippen LogP contribution < -0.4 is 0 Å². The second-order valence-electron chi connectivity index (χ2n) is 5.54. The van der Waals surface area contributed by atoms with Crippen LogP contribution in [0.3, 0.4) is 0 Å². The highest BCUT2D eigenvalue weighted by Gasteiger charge is 2.11. The molecule has 3 rings (SSSR count). The third kappa shape index (κ3) is 3.58. The van der Waals surface area contributed by atoms with Crippen LogP contribution in [0.2, 0.25) is 0 Å². The molecule has 0 bridgehead atoms. The number of aliphatic carboxylic acids is 1. The van der Waals surface area contributed by atoms with E-state index in [-0.39, 0.29) is 11.4 Å². The van der Waals surface area contributed by atoms with Crippen LogP contribution in [0.15, 0.2) is 66.6 Å². The van der Waals surface area contributed by atoms with Crippen LogP contribution in [0.4, 0.5) is 4.39 Å². The van der Waals surface area contributed by atoms with Crippen molar-refractivity contribution in [1.29, 1.82) is 0 Å². The van der Waals surface area contributed by atoms with E-state index in [1.54, 1.807) is 30.3 Å². The molecule has 0 aliphatic heterocycles. The Bertz CT molecular complexity index is 986. The number of aromatic nitrogens is 1. The number of carbonyl (C=O) groups is 2. The molecule has 0 saturated carbocycles. The molecule has 0 amide bonds. The summed E-state index contributed by atoms with van der Waals surface area (Å²) in [6.07, 6.45) is 2.53. The maximum Gasteiger partial charge on any atom is 0.371 e. The van der Waals surface area contributed by atoms with Crippen LogP contribution in [-0.4, -0.2) is 26.5 Å². The van der Waals surface area contributed by atoms with E-state index in [0.29, 0.717) is 12.6 Å². The van der Waals surface area contributed by atoms with E-state index in [9.17, 15) is 14.0 Å². The third-order valence-corrected chi connectivity index (χ3v) is 3.81. The number of ketones is 1. The van der Waals surface area contributed by atoms with Crippen molar-refractivity contribution in [2.75, 3.05) is 0 Å². The van der Waals surface area contributed by atoms with E-state index < -0.39 is 17.5 Å². The number of hydrogen-bond donors (Lipinski definition) is 2. The van der Waals surface area contributed by atoms with Crippen molar-refractivity contribution in [2.24, 2.45) is 0 Å². The summed E-state index contributed by atoms with van der Waals surface area (Å²) >= 11 is 0. The van der Waals surface area contributed by atoms with Gasteiger partial charge in [-0.25, -0.2) is 9.18 Å². The Morgan fingerprint density at radius 3 is 2.44 bits per heavy atom. The summed E-state index contributed by atoms with van der Waals surface area (Å²) in [5.74, 6) is -3.44. The first kappa shape index (κ1) is 16.4. The lowest BCUT2D eigenvalue weighted by Gasteiger charge is -2.06. The number of allylic oxidation sites excluding steroid dienone is 1. The molecule has 0 radical (unpaired) electrons. The molecule has 0 atom stereocenters. The van der Waals surface area contributed by atoms with E-state index in [2.05, 4.69) is 0 Å². The van der Waals surface area contributed by atoms with Crippen LogP contribution in [0.1, 0.15) is 15.9 Å². The minimum Gasteiger partial charge on any atom is -0.502 e. The van der Waals surface area contributed by atoms with Gasteiger partial charge < -0.3 is 14.8 Å². The summed E-state index contributed by atoms with van der Waals surface area (Å²) in [6.45, 7) is 0.552. The van der Waals surface area contributed by atoms with Crippen molar-refractivity contribution in [1.82, 2.24) is 4.57 Å². The average Bonchev–Trinajstić information content (AvgIpc) is 2.99. The molecule has 0 aliphatic carbocycles. The van der Waals surface area contributed by atoms with E-state index in [0.717, 1.165) is 16.5 Å². The highest BCUT2D eigenvalue weighted by atomic mass is 19.1. The number of hydrogen-bond acceptors (Lipinski definition) is 3. The fourth-order valence-corrected chi connectivity index (χ4v) is 2.55. The molecule has 1 aromatic heterocycles. The summed E-state index contributed by atoms with van der Waals surface area (Å²) in [5.41, 5.74) is 2.10. The Kier molecular flexibility index (Phi) is 4.35. The average molecular weight is 339 g/mol. The standard InChI is InChI=1S/C19H14FNO4/c20-15-4-1-12(2-5-15)11-21-8-7-13-9-14(3-6-16(13)21)17(22)10-18(23)19(24)25/h1-10,23H,11H2,(H,24,25). The lowest BCUT2D eigenvalue weighted by molar-refractivity contribution is -0.135. The minimum atomic E-state index is -1.56. The van der Waals surface area contributed by atoms with E-state index in [1.165, 1.54) is 12.1 Å². The molecule has 0 aliphatic rings. The van der Waals surface area contributed by atoms with Crippen LogP contribution in [0.25, 0.3) is 10.9 Å². The number of fused-ring (bicyclic) bond motifs is 1. The quantitative estimate of drug-likeness (QED) is 0.423. The summed E-state index contributed by atoms with van der Waals surface area (Å²) < 4.78 is 14.9. The van der Waals surface area contributed by atoms with E-state index in [1.807, 2.05) is 16.8 Å². The van der Waals surface area contributed by atoms with Crippen molar-refractivity contribution in [3.05, 3.63) is 83.5 Å². The largest absolute Gasteiger partial charge is 0.502 e. The summed E-state index contributed by atoms with van der Waals surface area (Å²) in [4.78, 5) is 22.6. The molecule has 6 heteroatoms. The van der Waals surface area contributed by atoms with Gasteiger partial charge in [-0.05, 0) is 42.0 Å². The number of carbonyl (C=O) groups excluding carboxylic acids is 1. The van der Waals surface area contributed by atoms with Gasteiger partial charge in [0.05, 0.1) is 0 Å². The topological polar surface area (TPSA) is 79.5 Å². The molecule has 2 N–H and O–H groups in total. The second-order valence-corrected chi connectivity index (χ2v) is 5.54. The van der Waals surface area contributed by atoms with Crippen LogP contribution in [0, 0.1) is 5.82 Å². The van der Waals surface area contributed by atoms with Gasteiger partial charge in [-0.3, -0.25) is 4.79 Å². The number of benzene rings is 2. The van der Waals surface area contributed by atoms with Gasteiger partial charge in [0.25, 0.3) is 0 Å². The first-order chi connectivity index (χ1) is 11.9. The number of aliphatic hydroxyl groups excluding tert-OH is 1. The molecule has 3 aromatic rings. The fraction of sp³-hybridized carbons (Fsp3) is 0.0526. The van der Waals surface area contributed by atoms with Crippen molar-refractivity contribution >= 4 is 22.7 Å². The van der Waals surface area contributed by atoms with Crippen LogP contribution >= 0.6 is 0 Å². The Labute approximate surface area is 142 Å². The minimum absolute atomic E-state index is 0.278. The second kappa shape index (κ2) is 6.60. The van der Waals surface area contributed by atoms with Gasteiger partial charge in [-0.2, -0.15) is 0 Å². The highest BCUT2D eigenvalue weighted by Crippen LogP contribution is 2.20. The normalized spacial score (nSPS) is 11.6. The molecule has 2 aromatic carbocycles. The van der Waals surface area contributed by atoms with Gasteiger partial charge in [0.1, 0.15) is 5.82 Å². The smallest absolute Gasteiger partial charge is 0.371 e. The predicted octanol–water partition coefficient (Wildman–Crippen LogP) is 3.54. The molecule has 0 spiro atoms. The fourth-order valence-electron chi connectivity index (χ4n) is 2.55. The van der Waals surface area contributed by atoms with Gasteiger partial charge >= 0.3 is 5.97 Å². The highest BCUT2D eigenvalue weighted by molar-refractivity contribution is 6.09. The maximum atomic E-state index is 13.0. The van der Waals surface area contributed by atoms with Crippen molar-refractivity contribution < 1.29 is 24.2 Å². The molecular formula is C19H14FNO4. The molecule has 25 heavy (non-hydrogen) atoms. The van der Waals surface area contributed by atoms with Crippen molar-refractivity contribution in [2.45, 2.75) is 6.54 Å². The summed E-state index contributed by atoms with van der Waals surface area (Å²) in [7, 11) is 0. The lowest BCUT2D eigenvalue weighted by atomic mass is 10.1. The molecule has 1 heterocycles. The number of rotatable bonds is 5. The number of aliphatic hydroxyl groups is 1. The maximum absolute atomic E-state index is 13.0. The van der Waals surface area contributed by atoms with Crippen LogP contribution in [0.5, 0.6) is 0 Å². The van der Waals surface area contributed by atoms with Gasteiger partial charge in [0, 0.05) is 35.3 Å². The molecule has 0 saturated heterocycles. The first-order valence-corrected chi connectivity index (χ1v) is 7.45. The lowest BCUT2D eigenvalue weighted by Crippen LogP contribution is -2.04. The molecular weight excluding hydrogens is 325 g/mol. The van der Waals surface area contributed by atoms with Gasteiger partial charge in [0.2, 0.25) is 5.76 Å². The molecule has 126 valence electrons. The van der Waals surface area contributed by atoms with Gasteiger partial charge in [-0.15, -0.1) is 0 Å². The Balaban J connectivity index is 1.88. The third-order valence-electron chi connectivity index (χ3n) is 3.81. The van der Waals surface area contributed by atoms with Gasteiger partial charge in [0.15, 0.2) is 5.78 Å². The molecule has 0 fully saturated rings. The van der Waals surface area contributed by atoms with Crippen molar-refractivity contribution in [3.63, 3.8) is 0 Å². The summed E-state index contributed by atoms with van der Waals surface area (Å²) in [6, 6.07) is 13.0. The predicted molar refractivity (Wildman–Crippen MR) is 90.1 cm³/mol. The van der Waals surface area contributed by atoms with E-state index >= 15 is 0 Å². The van der Waals surface area contributed by atoms with E-state index in [4.69, 9.17) is 10.2 Å². The number of carboxylic acid groups (broad SMARTS) is 1. The van der Waals surface area contributed by atoms with Crippen molar-refractivity contribution in [3.8, 4) is 0 Å². The Morgan fingerprint density at radius 2 is 1.76 bits per heavy atom. The molecule has 5 nitrogen and oxygen atoms in total. The number of nitrogens with zero attached hydrogens (tertiary/aromatic N) is 1. The monoisotopic (exact) mass is 339 g/mol. The van der Waals surface area contributed by atoms with Crippen LogP contribution in [-0.2, 0) is 11.3 Å². The number of halogens is 1. The summed E-state index contributed by atoms with van der Waals surface area (Å²) in [5, 5.41) is 18.6. The molecule has 0 unspecified atom stereocenters. The Morgan fingerprint density at radius 1 is 1.04 bits per heavy atom. The zero-order valence-corrected chi connectivity index (χ0v) is 13.0. The SMILES string of the molecule is O=C(O)C(O)=CC(=O)c1ccc2c(ccn2Cc2ccc(F)cc2)c1. The Hall–Kier alpha value is -3.41. The first-order valence-electron chi connectivity index (χ1n) is 7.45. The zero-order chi connectivity index (χ0) is 18.0. The van der Waals surface area contributed by atoms with Gasteiger partial charge in [-0.1, -0.05) is 12.1 Å².